The van der Waals surface area contributed by atoms with Gasteiger partial charge in [0, 0.05) is 11.8 Å². The molecule has 0 aliphatic rings. The number of sulfone groups is 1. The first kappa shape index (κ1) is 18.9. The number of hydrogen-bond donors (Lipinski definition) is 1. The van der Waals surface area contributed by atoms with Gasteiger partial charge < -0.3 is 5.73 Å². The molecule has 0 spiro atoms. The van der Waals surface area contributed by atoms with Gasteiger partial charge in [0.05, 0.1) is 16.8 Å². The standard InChI is InChI=1S/C19H15F2N5O2S/c1-10-5-3-6-11(9-10)26-17(22)14-16(12-7-4-8-13(20)15(12)21)23-19(29(2,27)28)24-18(14)25-26/h3-9H,22H2,1-2H3. The number of benzene rings is 2. The van der Waals surface area contributed by atoms with Gasteiger partial charge in [0.25, 0.3) is 0 Å². The van der Waals surface area contributed by atoms with Gasteiger partial charge in [-0.3, -0.25) is 0 Å². The molecule has 0 saturated carbocycles. The number of nitrogen functional groups attached to an aromatic ring is 1. The molecule has 10 heteroatoms. The highest BCUT2D eigenvalue weighted by molar-refractivity contribution is 7.90. The summed E-state index contributed by atoms with van der Waals surface area (Å²) < 4.78 is 53.8. The average molecular weight is 415 g/mol. The molecule has 0 aliphatic carbocycles. The Morgan fingerprint density at radius 3 is 2.48 bits per heavy atom. The lowest BCUT2D eigenvalue weighted by atomic mass is 10.1. The molecule has 7 nitrogen and oxygen atoms in total. The lowest BCUT2D eigenvalue weighted by Gasteiger charge is -2.08. The molecule has 2 aromatic carbocycles. The average Bonchev–Trinajstić information content (AvgIpc) is 2.99. The first-order chi connectivity index (χ1) is 13.7. The minimum atomic E-state index is -3.85. The number of halogens is 2. The summed E-state index contributed by atoms with van der Waals surface area (Å²) in [5.41, 5.74) is 7.38. The van der Waals surface area contributed by atoms with Gasteiger partial charge in [-0.2, -0.15) is 4.98 Å². The van der Waals surface area contributed by atoms with Crippen LogP contribution in [0.3, 0.4) is 0 Å². The second-order valence-corrected chi connectivity index (χ2v) is 8.47. The van der Waals surface area contributed by atoms with Crippen molar-refractivity contribution in [1.29, 1.82) is 0 Å². The summed E-state index contributed by atoms with van der Waals surface area (Å²) >= 11 is 0. The number of nitrogens with zero attached hydrogens (tertiary/aromatic N) is 4. The van der Waals surface area contributed by atoms with Crippen LogP contribution in [0, 0.1) is 18.6 Å². The highest BCUT2D eigenvalue weighted by Gasteiger charge is 2.24. The van der Waals surface area contributed by atoms with E-state index in [2.05, 4.69) is 15.1 Å². The molecule has 148 valence electrons. The second-order valence-electron chi connectivity index (χ2n) is 6.56. The van der Waals surface area contributed by atoms with Gasteiger partial charge in [0.2, 0.25) is 15.0 Å². The first-order valence-corrected chi connectivity index (χ1v) is 10.3. The van der Waals surface area contributed by atoms with Crippen LogP contribution in [0.1, 0.15) is 5.56 Å². The minimum absolute atomic E-state index is 0.0434. The molecule has 2 heterocycles. The van der Waals surface area contributed by atoms with Gasteiger partial charge in [-0.1, -0.05) is 18.2 Å². The van der Waals surface area contributed by atoms with Crippen molar-refractivity contribution in [1.82, 2.24) is 19.7 Å². The van der Waals surface area contributed by atoms with Crippen LogP contribution in [0.4, 0.5) is 14.6 Å². The molecule has 4 rings (SSSR count). The van der Waals surface area contributed by atoms with Crippen molar-refractivity contribution in [2.45, 2.75) is 12.1 Å². The molecule has 0 amide bonds. The minimum Gasteiger partial charge on any atom is -0.383 e. The third-order valence-electron chi connectivity index (χ3n) is 4.33. The van der Waals surface area contributed by atoms with Crippen LogP contribution in [-0.4, -0.2) is 34.4 Å². The number of rotatable bonds is 3. The smallest absolute Gasteiger partial charge is 0.249 e. The Morgan fingerprint density at radius 1 is 1.07 bits per heavy atom. The van der Waals surface area contributed by atoms with Crippen molar-refractivity contribution in [2.75, 3.05) is 12.0 Å². The number of nitrogens with two attached hydrogens (primary N) is 1. The topological polar surface area (TPSA) is 104 Å². The predicted molar refractivity (Wildman–Crippen MR) is 104 cm³/mol. The first-order valence-electron chi connectivity index (χ1n) is 8.44. The number of fused-ring (bicyclic) bond motifs is 1. The molecule has 4 aromatic rings. The molecule has 2 N–H and O–H groups in total. The highest BCUT2D eigenvalue weighted by Crippen LogP contribution is 2.34. The Bertz CT molecular complexity index is 1380. The third-order valence-corrected chi connectivity index (χ3v) is 5.18. The zero-order chi connectivity index (χ0) is 20.9. The van der Waals surface area contributed by atoms with Gasteiger partial charge in [0.1, 0.15) is 5.82 Å². The molecular formula is C19H15F2N5O2S. The Kier molecular flexibility index (Phi) is 4.30. The Balaban J connectivity index is 2.12. The zero-order valence-electron chi connectivity index (χ0n) is 15.4. The van der Waals surface area contributed by atoms with Crippen molar-refractivity contribution in [3.8, 4) is 16.9 Å². The van der Waals surface area contributed by atoms with E-state index in [1.54, 1.807) is 12.1 Å². The van der Waals surface area contributed by atoms with Crippen molar-refractivity contribution in [3.05, 3.63) is 59.7 Å². The summed E-state index contributed by atoms with van der Waals surface area (Å²) in [4.78, 5) is 7.98. The maximum atomic E-state index is 14.5. The molecular weight excluding hydrogens is 400 g/mol. The van der Waals surface area contributed by atoms with E-state index in [1.165, 1.54) is 16.8 Å². The Hall–Kier alpha value is -3.40. The maximum absolute atomic E-state index is 14.5. The molecule has 29 heavy (non-hydrogen) atoms. The van der Waals surface area contributed by atoms with Crippen molar-refractivity contribution < 1.29 is 17.2 Å². The summed E-state index contributed by atoms with van der Waals surface area (Å²) in [5, 5.41) is 3.87. The lowest BCUT2D eigenvalue weighted by Crippen LogP contribution is -2.06. The van der Waals surface area contributed by atoms with E-state index in [0.717, 1.165) is 17.9 Å². The summed E-state index contributed by atoms with van der Waals surface area (Å²) in [6.45, 7) is 1.89. The Morgan fingerprint density at radius 2 is 1.79 bits per heavy atom. The molecule has 0 aliphatic heterocycles. The molecule has 0 saturated heterocycles. The second kappa shape index (κ2) is 6.59. The van der Waals surface area contributed by atoms with Crippen LogP contribution in [0.25, 0.3) is 28.0 Å². The lowest BCUT2D eigenvalue weighted by molar-refractivity contribution is 0.511. The van der Waals surface area contributed by atoms with E-state index < -0.39 is 26.6 Å². The van der Waals surface area contributed by atoms with Crippen LogP contribution in [0.15, 0.2) is 47.6 Å². The number of aryl methyl sites for hydroxylation is 1. The van der Waals surface area contributed by atoms with E-state index in [1.807, 2.05) is 19.1 Å². The summed E-state index contributed by atoms with van der Waals surface area (Å²) in [6.07, 6.45) is 0.917. The van der Waals surface area contributed by atoms with Crippen molar-refractivity contribution in [2.24, 2.45) is 0 Å². The predicted octanol–water partition coefficient (Wildman–Crippen LogP) is 3.05. The number of hydrogen-bond acceptors (Lipinski definition) is 6. The summed E-state index contributed by atoms with van der Waals surface area (Å²) in [7, 11) is -3.85. The third kappa shape index (κ3) is 3.21. The fourth-order valence-corrected chi connectivity index (χ4v) is 3.50. The monoisotopic (exact) mass is 415 g/mol. The highest BCUT2D eigenvalue weighted by atomic mass is 32.2. The fourth-order valence-electron chi connectivity index (χ4n) is 3.00. The molecule has 0 bridgehead atoms. The number of anilines is 1. The molecule has 0 fully saturated rings. The van der Waals surface area contributed by atoms with Gasteiger partial charge in [-0.05, 0) is 36.8 Å². The van der Waals surface area contributed by atoms with Gasteiger partial charge in [0.15, 0.2) is 17.3 Å². The van der Waals surface area contributed by atoms with E-state index in [9.17, 15) is 17.2 Å². The van der Waals surface area contributed by atoms with E-state index in [4.69, 9.17) is 5.73 Å². The molecule has 0 radical (unpaired) electrons. The van der Waals surface area contributed by atoms with Crippen LogP contribution >= 0.6 is 0 Å². The molecule has 2 aromatic heterocycles. The largest absolute Gasteiger partial charge is 0.383 e. The van der Waals surface area contributed by atoms with Crippen molar-refractivity contribution >= 4 is 26.7 Å². The summed E-state index contributed by atoms with van der Waals surface area (Å²) in [5.74, 6) is -2.20. The number of aromatic nitrogens is 4. The van der Waals surface area contributed by atoms with Gasteiger partial charge in [-0.25, -0.2) is 26.9 Å². The van der Waals surface area contributed by atoms with Crippen LogP contribution < -0.4 is 5.73 Å². The van der Waals surface area contributed by atoms with Gasteiger partial charge in [-0.15, -0.1) is 5.10 Å². The summed E-state index contributed by atoms with van der Waals surface area (Å²) in [6, 6.07) is 10.8. The molecule has 0 unspecified atom stereocenters. The molecule has 0 atom stereocenters. The fraction of sp³-hybridized carbons (Fsp3) is 0.105. The van der Waals surface area contributed by atoms with Crippen LogP contribution in [-0.2, 0) is 9.84 Å². The quantitative estimate of drug-likeness (QED) is 0.516. The van der Waals surface area contributed by atoms with Crippen LogP contribution in [0.2, 0.25) is 0 Å². The van der Waals surface area contributed by atoms with Crippen molar-refractivity contribution in [3.63, 3.8) is 0 Å². The van der Waals surface area contributed by atoms with E-state index >= 15 is 0 Å². The van der Waals surface area contributed by atoms with Crippen LogP contribution in [0.5, 0.6) is 0 Å². The van der Waals surface area contributed by atoms with Gasteiger partial charge >= 0.3 is 0 Å². The van der Waals surface area contributed by atoms with E-state index in [-0.39, 0.29) is 28.1 Å². The normalized spacial score (nSPS) is 11.9. The maximum Gasteiger partial charge on any atom is 0.249 e. The SMILES string of the molecule is Cc1cccc(-n2nc3nc(S(C)(=O)=O)nc(-c4cccc(F)c4F)c3c2N)c1. The van der Waals surface area contributed by atoms with E-state index in [0.29, 0.717) is 5.69 Å². The zero-order valence-corrected chi connectivity index (χ0v) is 16.2. The Labute approximate surface area is 164 Å².